The van der Waals surface area contributed by atoms with Gasteiger partial charge in [0, 0.05) is 0 Å². The van der Waals surface area contributed by atoms with Crippen LogP contribution in [0.4, 0.5) is 0 Å². The monoisotopic (exact) mass is 360 g/mol. The summed E-state index contributed by atoms with van der Waals surface area (Å²) in [6.45, 7) is 0. The maximum atomic E-state index is 12.6. The zero-order valence-corrected chi connectivity index (χ0v) is 14.8. The van der Waals surface area contributed by atoms with E-state index >= 15 is 0 Å². The van der Waals surface area contributed by atoms with Crippen molar-refractivity contribution in [1.82, 2.24) is 10.3 Å². The molecule has 5 rings (SSSR count). The summed E-state index contributed by atoms with van der Waals surface area (Å²) in [5.74, 6) is 0.769. The van der Waals surface area contributed by atoms with Crippen LogP contribution in [0.2, 0.25) is 0 Å². The third-order valence-corrected chi connectivity index (χ3v) is 5.82. The molecule has 5 heteroatoms. The maximum Gasteiger partial charge on any atom is 0.287 e. The SMILES string of the molecule is O=C(NC1CCc2ccccc21)c1ccc(-c2nc3ccccc3s2)o1. The molecular weight excluding hydrogens is 344 g/mol. The standard InChI is InChI=1S/C21H16N2O2S/c24-20(22-15-10-9-13-5-1-2-6-14(13)15)17-11-12-18(25-17)21-23-16-7-3-4-8-19(16)26-21/h1-8,11-12,15H,9-10H2,(H,22,24). The molecule has 0 aliphatic heterocycles. The molecule has 2 aromatic heterocycles. The van der Waals surface area contributed by atoms with Gasteiger partial charge in [0.25, 0.3) is 5.91 Å². The maximum absolute atomic E-state index is 12.6. The van der Waals surface area contributed by atoms with E-state index in [0.29, 0.717) is 11.5 Å². The first kappa shape index (κ1) is 15.3. The first-order valence-corrected chi connectivity index (χ1v) is 9.44. The van der Waals surface area contributed by atoms with Crippen molar-refractivity contribution in [1.29, 1.82) is 0 Å². The zero-order valence-electron chi connectivity index (χ0n) is 13.9. The Morgan fingerprint density at radius 2 is 1.92 bits per heavy atom. The fraction of sp³-hybridized carbons (Fsp3) is 0.143. The molecule has 0 radical (unpaired) electrons. The van der Waals surface area contributed by atoms with E-state index in [0.717, 1.165) is 28.1 Å². The van der Waals surface area contributed by atoms with Gasteiger partial charge in [-0.05, 0) is 48.2 Å². The number of thiazole rings is 1. The Kier molecular flexibility index (Phi) is 3.60. The number of carbonyl (C=O) groups is 1. The minimum atomic E-state index is -0.181. The highest BCUT2D eigenvalue weighted by Crippen LogP contribution is 2.33. The van der Waals surface area contributed by atoms with E-state index < -0.39 is 0 Å². The number of aromatic nitrogens is 1. The number of hydrogen-bond acceptors (Lipinski definition) is 4. The second kappa shape index (κ2) is 6.11. The topological polar surface area (TPSA) is 55.1 Å². The lowest BCUT2D eigenvalue weighted by Crippen LogP contribution is -2.26. The minimum Gasteiger partial charge on any atom is -0.448 e. The summed E-state index contributed by atoms with van der Waals surface area (Å²) >= 11 is 1.56. The number of nitrogens with one attached hydrogen (secondary N) is 1. The lowest BCUT2D eigenvalue weighted by Gasteiger charge is -2.12. The fourth-order valence-corrected chi connectivity index (χ4v) is 4.42. The number of para-hydroxylation sites is 1. The van der Waals surface area contributed by atoms with Gasteiger partial charge in [0.05, 0.1) is 16.3 Å². The summed E-state index contributed by atoms with van der Waals surface area (Å²) in [6, 6.07) is 19.8. The van der Waals surface area contributed by atoms with Crippen molar-refractivity contribution in [2.75, 3.05) is 0 Å². The van der Waals surface area contributed by atoms with E-state index in [2.05, 4.69) is 22.4 Å². The minimum absolute atomic E-state index is 0.0506. The first-order valence-electron chi connectivity index (χ1n) is 8.62. The number of furan rings is 1. The van der Waals surface area contributed by atoms with Gasteiger partial charge < -0.3 is 9.73 Å². The lowest BCUT2D eigenvalue weighted by molar-refractivity contribution is 0.0909. The van der Waals surface area contributed by atoms with Crippen LogP contribution in [0.15, 0.2) is 65.1 Å². The molecule has 0 fully saturated rings. The molecule has 0 saturated carbocycles. The third kappa shape index (κ3) is 2.61. The average molecular weight is 360 g/mol. The highest BCUT2D eigenvalue weighted by atomic mass is 32.1. The van der Waals surface area contributed by atoms with Crippen LogP contribution in [-0.2, 0) is 6.42 Å². The number of carbonyl (C=O) groups excluding carboxylic acids is 1. The second-order valence-electron chi connectivity index (χ2n) is 6.41. The number of fused-ring (bicyclic) bond motifs is 2. The number of aryl methyl sites for hydroxylation is 1. The van der Waals surface area contributed by atoms with E-state index in [4.69, 9.17) is 4.42 Å². The molecule has 26 heavy (non-hydrogen) atoms. The van der Waals surface area contributed by atoms with Gasteiger partial charge in [-0.1, -0.05) is 36.4 Å². The van der Waals surface area contributed by atoms with E-state index in [-0.39, 0.29) is 11.9 Å². The van der Waals surface area contributed by atoms with Crippen LogP contribution in [-0.4, -0.2) is 10.9 Å². The van der Waals surface area contributed by atoms with E-state index in [1.165, 1.54) is 11.1 Å². The number of rotatable bonds is 3. The second-order valence-corrected chi connectivity index (χ2v) is 7.44. The van der Waals surface area contributed by atoms with Crippen LogP contribution in [0.5, 0.6) is 0 Å². The summed E-state index contributed by atoms with van der Waals surface area (Å²) in [4.78, 5) is 17.2. The van der Waals surface area contributed by atoms with Crippen molar-refractivity contribution in [2.45, 2.75) is 18.9 Å². The quantitative estimate of drug-likeness (QED) is 0.561. The molecule has 0 bridgehead atoms. The summed E-state index contributed by atoms with van der Waals surface area (Å²) in [6.07, 6.45) is 1.92. The Bertz CT molecular complexity index is 1080. The smallest absolute Gasteiger partial charge is 0.287 e. The van der Waals surface area contributed by atoms with E-state index in [1.807, 2.05) is 42.5 Å². The fourth-order valence-electron chi connectivity index (χ4n) is 3.49. The Hall–Kier alpha value is -2.92. The molecule has 128 valence electrons. The predicted molar refractivity (Wildman–Crippen MR) is 102 cm³/mol. The van der Waals surface area contributed by atoms with Gasteiger partial charge in [-0.25, -0.2) is 4.98 Å². The summed E-state index contributed by atoms with van der Waals surface area (Å²) in [7, 11) is 0. The summed E-state index contributed by atoms with van der Waals surface area (Å²) in [5, 5.41) is 3.88. The molecule has 0 saturated heterocycles. The van der Waals surface area contributed by atoms with Gasteiger partial charge in [0.15, 0.2) is 16.5 Å². The van der Waals surface area contributed by atoms with Crippen LogP contribution in [0, 0.1) is 0 Å². The van der Waals surface area contributed by atoms with E-state index in [9.17, 15) is 4.79 Å². The van der Waals surface area contributed by atoms with Gasteiger partial charge in [-0.2, -0.15) is 0 Å². The first-order chi connectivity index (χ1) is 12.8. The van der Waals surface area contributed by atoms with Gasteiger partial charge in [0.2, 0.25) is 0 Å². The van der Waals surface area contributed by atoms with Crippen LogP contribution in [0.1, 0.15) is 34.1 Å². The van der Waals surface area contributed by atoms with Gasteiger partial charge in [-0.15, -0.1) is 11.3 Å². The Morgan fingerprint density at radius 1 is 1.08 bits per heavy atom. The molecule has 1 N–H and O–H groups in total. The molecule has 4 aromatic rings. The highest BCUT2D eigenvalue weighted by molar-refractivity contribution is 7.21. The molecule has 2 aromatic carbocycles. The van der Waals surface area contributed by atoms with Gasteiger partial charge >= 0.3 is 0 Å². The van der Waals surface area contributed by atoms with Crippen molar-refractivity contribution < 1.29 is 9.21 Å². The number of benzene rings is 2. The summed E-state index contributed by atoms with van der Waals surface area (Å²) < 4.78 is 6.90. The van der Waals surface area contributed by atoms with Crippen molar-refractivity contribution in [2.24, 2.45) is 0 Å². The number of nitrogens with zero attached hydrogens (tertiary/aromatic N) is 1. The third-order valence-electron chi connectivity index (χ3n) is 4.77. The van der Waals surface area contributed by atoms with Crippen LogP contribution >= 0.6 is 11.3 Å². The lowest BCUT2D eigenvalue weighted by atomic mass is 10.1. The normalized spacial score (nSPS) is 15.9. The molecule has 1 aliphatic carbocycles. The van der Waals surface area contributed by atoms with E-state index in [1.54, 1.807) is 17.4 Å². The van der Waals surface area contributed by atoms with Crippen LogP contribution < -0.4 is 5.32 Å². The number of hydrogen-bond donors (Lipinski definition) is 1. The van der Waals surface area contributed by atoms with Crippen LogP contribution in [0.25, 0.3) is 21.0 Å². The molecule has 1 unspecified atom stereocenters. The summed E-state index contributed by atoms with van der Waals surface area (Å²) in [5.41, 5.74) is 3.46. The Morgan fingerprint density at radius 3 is 2.85 bits per heavy atom. The molecular formula is C21H16N2O2S. The molecule has 1 amide bonds. The van der Waals surface area contributed by atoms with Crippen molar-refractivity contribution in [3.63, 3.8) is 0 Å². The van der Waals surface area contributed by atoms with Gasteiger partial charge in [-0.3, -0.25) is 4.79 Å². The average Bonchev–Trinajstić information content (AvgIpc) is 3.39. The Balaban J connectivity index is 1.37. The molecule has 2 heterocycles. The predicted octanol–water partition coefficient (Wildman–Crippen LogP) is 4.97. The largest absolute Gasteiger partial charge is 0.448 e. The number of amides is 1. The Labute approximate surface area is 154 Å². The van der Waals surface area contributed by atoms with Crippen LogP contribution in [0.3, 0.4) is 0 Å². The zero-order chi connectivity index (χ0) is 17.5. The van der Waals surface area contributed by atoms with Crippen molar-refractivity contribution >= 4 is 27.5 Å². The molecule has 0 spiro atoms. The highest BCUT2D eigenvalue weighted by Gasteiger charge is 2.25. The van der Waals surface area contributed by atoms with Gasteiger partial charge in [0.1, 0.15) is 0 Å². The molecule has 1 atom stereocenters. The van der Waals surface area contributed by atoms with Crippen molar-refractivity contribution in [3.05, 3.63) is 77.6 Å². The molecule has 1 aliphatic rings. The van der Waals surface area contributed by atoms with Crippen molar-refractivity contribution in [3.8, 4) is 10.8 Å². The molecule has 4 nitrogen and oxygen atoms in total.